The molecule has 13 heavy (non-hydrogen) atoms. The number of hydrogen-bond acceptors (Lipinski definition) is 1. The maximum Gasteiger partial charge on any atom is 0.124 e. The van der Waals surface area contributed by atoms with Gasteiger partial charge in [-0.1, -0.05) is 43.0 Å². The van der Waals surface area contributed by atoms with Gasteiger partial charge in [-0.05, 0) is 11.6 Å². The molecule has 66 valence electrons. The Morgan fingerprint density at radius 1 is 1.31 bits per heavy atom. The molecule has 1 aliphatic rings. The van der Waals surface area contributed by atoms with Gasteiger partial charge in [0.2, 0.25) is 0 Å². The van der Waals surface area contributed by atoms with Crippen molar-refractivity contribution >= 4 is 6.08 Å². The molecule has 0 spiro atoms. The summed E-state index contributed by atoms with van der Waals surface area (Å²) >= 11 is 0. The molecule has 0 aliphatic carbocycles. The van der Waals surface area contributed by atoms with Crippen LogP contribution in [0.15, 0.2) is 48.7 Å². The van der Waals surface area contributed by atoms with Gasteiger partial charge in [-0.3, -0.25) is 0 Å². The zero-order valence-corrected chi connectivity index (χ0v) is 7.44. The first-order valence-electron chi connectivity index (χ1n) is 4.42. The van der Waals surface area contributed by atoms with Crippen LogP contribution < -0.4 is 0 Å². The fourth-order valence-corrected chi connectivity index (χ4v) is 1.32. The van der Waals surface area contributed by atoms with Crippen LogP contribution in [-0.4, -0.2) is 6.10 Å². The minimum absolute atomic E-state index is 0.243. The summed E-state index contributed by atoms with van der Waals surface area (Å²) in [6.07, 6.45) is 5.36. The second-order valence-electron chi connectivity index (χ2n) is 3.17. The average Bonchev–Trinajstić information content (AvgIpc) is 2.12. The van der Waals surface area contributed by atoms with E-state index in [1.54, 1.807) is 0 Å². The Balaban J connectivity index is 1.95. The van der Waals surface area contributed by atoms with Gasteiger partial charge in [0, 0.05) is 6.42 Å². The monoisotopic (exact) mass is 172 g/mol. The Hall–Kier alpha value is -1.50. The molecule has 0 N–H and O–H groups in total. The topological polar surface area (TPSA) is 9.23 Å². The number of rotatable bonds is 2. The standard InChI is InChI=1S/C12H12O/c1-10-9-12(13-10)8-7-11-5-3-2-4-6-11/h2-8,12H,1,9H2/b8-7+. The van der Waals surface area contributed by atoms with E-state index >= 15 is 0 Å². The highest BCUT2D eigenvalue weighted by Crippen LogP contribution is 2.23. The molecular formula is C12H12O. The minimum atomic E-state index is 0.243. The first kappa shape index (κ1) is 8.11. The molecule has 0 radical (unpaired) electrons. The maximum absolute atomic E-state index is 5.28. The second kappa shape index (κ2) is 3.48. The van der Waals surface area contributed by atoms with E-state index in [0.717, 1.165) is 12.2 Å². The van der Waals surface area contributed by atoms with Crippen molar-refractivity contribution in [3.8, 4) is 0 Å². The van der Waals surface area contributed by atoms with E-state index in [-0.39, 0.29) is 6.10 Å². The summed E-state index contributed by atoms with van der Waals surface area (Å²) in [6.45, 7) is 3.71. The highest BCUT2D eigenvalue weighted by Gasteiger charge is 2.19. The van der Waals surface area contributed by atoms with E-state index in [4.69, 9.17) is 4.74 Å². The normalized spacial score (nSPS) is 21.2. The summed E-state index contributed by atoms with van der Waals surface area (Å²) in [4.78, 5) is 0. The largest absolute Gasteiger partial charge is 0.491 e. The third kappa shape index (κ3) is 2.00. The van der Waals surface area contributed by atoms with Gasteiger partial charge >= 0.3 is 0 Å². The molecule has 1 saturated heterocycles. The molecule has 1 nitrogen and oxygen atoms in total. The second-order valence-corrected chi connectivity index (χ2v) is 3.17. The van der Waals surface area contributed by atoms with Gasteiger partial charge in [0.15, 0.2) is 0 Å². The highest BCUT2D eigenvalue weighted by atomic mass is 16.5. The zero-order valence-electron chi connectivity index (χ0n) is 7.44. The lowest BCUT2D eigenvalue weighted by molar-refractivity contribution is 0.0586. The molecule has 0 amide bonds. The van der Waals surface area contributed by atoms with Gasteiger partial charge in [-0.25, -0.2) is 0 Å². The van der Waals surface area contributed by atoms with Crippen molar-refractivity contribution in [3.63, 3.8) is 0 Å². The summed E-state index contributed by atoms with van der Waals surface area (Å²) in [5.41, 5.74) is 1.21. The summed E-state index contributed by atoms with van der Waals surface area (Å²) in [7, 11) is 0. The molecule has 2 rings (SSSR count). The van der Waals surface area contributed by atoms with Gasteiger partial charge < -0.3 is 4.74 Å². The Morgan fingerprint density at radius 3 is 2.62 bits per heavy atom. The van der Waals surface area contributed by atoms with Gasteiger partial charge in [0.1, 0.15) is 6.10 Å². The lowest BCUT2D eigenvalue weighted by atomic mass is 10.1. The maximum atomic E-state index is 5.28. The fraction of sp³-hybridized carbons (Fsp3) is 0.167. The minimum Gasteiger partial charge on any atom is -0.491 e. The van der Waals surface area contributed by atoms with Crippen LogP contribution in [0.2, 0.25) is 0 Å². The van der Waals surface area contributed by atoms with Crippen LogP contribution in [0.1, 0.15) is 12.0 Å². The quantitative estimate of drug-likeness (QED) is 0.666. The first-order valence-corrected chi connectivity index (χ1v) is 4.42. The van der Waals surface area contributed by atoms with E-state index in [9.17, 15) is 0 Å². The van der Waals surface area contributed by atoms with Crippen molar-refractivity contribution in [3.05, 3.63) is 54.3 Å². The number of benzene rings is 1. The van der Waals surface area contributed by atoms with Crippen LogP contribution in [0.3, 0.4) is 0 Å². The van der Waals surface area contributed by atoms with E-state index in [0.29, 0.717) is 0 Å². The van der Waals surface area contributed by atoms with Crippen molar-refractivity contribution in [1.29, 1.82) is 0 Å². The van der Waals surface area contributed by atoms with Crippen molar-refractivity contribution < 1.29 is 4.74 Å². The Labute approximate surface area is 78.3 Å². The summed E-state index contributed by atoms with van der Waals surface area (Å²) < 4.78 is 5.28. The van der Waals surface area contributed by atoms with Crippen molar-refractivity contribution in [2.24, 2.45) is 0 Å². The fourth-order valence-electron chi connectivity index (χ4n) is 1.32. The van der Waals surface area contributed by atoms with Crippen LogP contribution in [-0.2, 0) is 4.74 Å². The average molecular weight is 172 g/mol. The third-order valence-electron chi connectivity index (χ3n) is 2.05. The predicted octanol–water partition coefficient (Wildman–Crippen LogP) is 3.00. The molecule has 0 saturated carbocycles. The predicted molar refractivity (Wildman–Crippen MR) is 54.1 cm³/mol. The van der Waals surface area contributed by atoms with Gasteiger partial charge in [-0.2, -0.15) is 0 Å². The Kier molecular flexibility index (Phi) is 2.17. The van der Waals surface area contributed by atoms with E-state index in [1.807, 2.05) is 18.2 Å². The molecule has 1 unspecified atom stereocenters. The van der Waals surface area contributed by atoms with Crippen molar-refractivity contribution in [2.75, 3.05) is 0 Å². The third-order valence-corrected chi connectivity index (χ3v) is 2.05. The van der Waals surface area contributed by atoms with Crippen LogP contribution in [0.25, 0.3) is 6.08 Å². The van der Waals surface area contributed by atoms with E-state index in [1.165, 1.54) is 5.56 Å². The lowest BCUT2D eigenvalue weighted by Gasteiger charge is -2.27. The summed E-state index contributed by atoms with van der Waals surface area (Å²) in [6, 6.07) is 10.2. The van der Waals surface area contributed by atoms with Crippen LogP contribution in [0.4, 0.5) is 0 Å². The Morgan fingerprint density at radius 2 is 2.00 bits per heavy atom. The molecule has 1 atom stereocenters. The summed E-state index contributed by atoms with van der Waals surface area (Å²) in [5.74, 6) is 0.891. The van der Waals surface area contributed by atoms with Crippen molar-refractivity contribution in [1.82, 2.24) is 0 Å². The van der Waals surface area contributed by atoms with Crippen LogP contribution in [0, 0.1) is 0 Å². The Bertz CT molecular complexity index is 316. The van der Waals surface area contributed by atoms with E-state index < -0.39 is 0 Å². The molecule has 1 heterocycles. The SMILES string of the molecule is C=C1CC(/C=C/c2ccccc2)O1. The van der Waals surface area contributed by atoms with Gasteiger partial charge in [-0.15, -0.1) is 0 Å². The number of hydrogen-bond donors (Lipinski definition) is 0. The molecule has 1 aromatic rings. The van der Waals surface area contributed by atoms with Crippen LogP contribution >= 0.6 is 0 Å². The van der Waals surface area contributed by atoms with E-state index in [2.05, 4.69) is 30.9 Å². The molecule has 0 bridgehead atoms. The molecule has 1 heteroatoms. The molecular weight excluding hydrogens is 160 g/mol. The smallest absolute Gasteiger partial charge is 0.124 e. The van der Waals surface area contributed by atoms with Crippen LogP contribution in [0.5, 0.6) is 0 Å². The van der Waals surface area contributed by atoms with Gasteiger partial charge in [0.25, 0.3) is 0 Å². The molecule has 0 aromatic heterocycles. The number of ether oxygens (including phenoxy) is 1. The molecule has 1 aromatic carbocycles. The van der Waals surface area contributed by atoms with Crippen molar-refractivity contribution in [2.45, 2.75) is 12.5 Å². The summed E-state index contributed by atoms with van der Waals surface area (Å²) in [5, 5.41) is 0. The highest BCUT2D eigenvalue weighted by molar-refractivity contribution is 5.49. The molecule has 1 fully saturated rings. The first-order chi connectivity index (χ1) is 6.34. The molecule has 1 aliphatic heterocycles. The lowest BCUT2D eigenvalue weighted by Crippen LogP contribution is -2.21. The zero-order chi connectivity index (χ0) is 9.10. The van der Waals surface area contributed by atoms with Gasteiger partial charge in [0.05, 0.1) is 5.76 Å².